The molecule has 0 radical (unpaired) electrons. The maximum atomic E-state index is 13.0. The Kier molecular flexibility index (Phi) is 6.47. The number of nitrogens with zero attached hydrogens (tertiary/aromatic N) is 2. The molecule has 0 fully saturated rings. The molecule has 2 aromatic rings. The van der Waals surface area contributed by atoms with Gasteiger partial charge in [0.1, 0.15) is 0 Å². The van der Waals surface area contributed by atoms with Crippen LogP contribution in [0.4, 0.5) is 5.69 Å². The zero-order valence-corrected chi connectivity index (χ0v) is 15.7. The minimum Gasteiger partial charge on any atom is -0.369 e. The van der Waals surface area contributed by atoms with Gasteiger partial charge in [-0.2, -0.15) is 0 Å². The second-order valence-corrected chi connectivity index (χ2v) is 6.30. The van der Waals surface area contributed by atoms with E-state index in [4.69, 9.17) is 0 Å². The number of Topliss-reactive ketones (excluding diaryl/α,β-unsaturated/α-hetero) is 1. The first-order valence-corrected chi connectivity index (χ1v) is 8.77. The fourth-order valence-corrected chi connectivity index (χ4v) is 2.73. The SMILES string of the molecule is CCN(CC)/C(=C/c1ccc([N+](=O)[O-])cc1)C(=O)c1ccc(Br)cc1. The number of nitro groups is 1. The zero-order chi connectivity index (χ0) is 18.4. The maximum Gasteiger partial charge on any atom is 0.269 e. The van der Waals surface area contributed by atoms with Crippen molar-refractivity contribution >= 4 is 33.5 Å². The third-order valence-corrected chi connectivity index (χ3v) is 4.38. The molecule has 0 unspecified atom stereocenters. The van der Waals surface area contributed by atoms with Crippen molar-refractivity contribution in [3.63, 3.8) is 0 Å². The summed E-state index contributed by atoms with van der Waals surface area (Å²) in [4.78, 5) is 25.3. The molecule has 2 rings (SSSR count). The van der Waals surface area contributed by atoms with Crippen LogP contribution in [0, 0.1) is 10.1 Å². The van der Waals surface area contributed by atoms with Gasteiger partial charge in [0, 0.05) is 35.3 Å². The largest absolute Gasteiger partial charge is 0.369 e. The van der Waals surface area contributed by atoms with Crippen molar-refractivity contribution in [1.82, 2.24) is 4.90 Å². The average molecular weight is 403 g/mol. The number of benzene rings is 2. The lowest BCUT2D eigenvalue weighted by atomic mass is 10.0. The van der Waals surface area contributed by atoms with E-state index in [0.29, 0.717) is 24.4 Å². The number of hydrogen-bond acceptors (Lipinski definition) is 4. The van der Waals surface area contributed by atoms with Crippen LogP contribution in [0.3, 0.4) is 0 Å². The van der Waals surface area contributed by atoms with Crippen LogP contribution >= 0.6 is 15.9 Å². The standard InChI is InChI=1S/C19H19BrN2O3/c1-3-21(4-2)18(19(23)15-7-9-16(20)10-8-15)13-14-5-11-17(12-6-14)22(24)25/h5-13H,3-4H2,1-2H3/b18-13+. The summed E-state index contributed by atoms with van der Waals surface area (Å²) in [6, 6.07) is 13.4. The van der Waals surface area contributed by atoms with Gasteiger partial charge < -0.3 is 4.90 Å². The van der Waals surface area contributed by atoms with Crippen molar-refractivity contribution in [3.8, 4) is 0 Å². The number of ketones is 1. The third kappa shape index (κ3) is 4.76. The summed E-state index contributed by atoms with van der Waals surface area (Å²) < 4.78 is 0.910. The van der Waals surface area contributed by atoms with Gasteiger partial charge in [-0.1, -0.05) is 15.9 Å². The Morgan fingerprint density at radius 2 is 1.64 bits per heavy atom. The molecule has 0 aliphatic rings. The Labute approximate surface area is 155 Å². The number of hydrogen-bond donors (Lipinski definition) is 0. The van der Waals surface area contributed by atoms with E-state index in [0.717, 1.165) is 10.0 Å². The summed E-state index contributed by atoms with van der Waals surface area (Å²) in [5.74, 6) is -0.0745. The van der Waals surface area contributed by atoms with E-state index in [9.17, 15) is 14.9 Å². The van der Waals surface area contributed by atoms with Crippen LogP contribution in [-0.2, 0) is 0 Å². The van der Waals surface area contributed by atoms with Gasteiger partial charge in [0.2, 0.25) is 5.78 Å². The highest BCUT2D eigenvalue weighted by Crippen LogP contribution is 2.20. The minimum atomic E-state index is -0.439. The number of non-ortho nitro benzene ring substituents is 1. The highest BCUT2D eigenvalue weighted by Gasteiger charge is 2.17. The summed E-state index contributed by atoms with van der Waals surface area (Å²) in [6.45, 7) is 5.36. The van der Waals surface area contributed by atoms with E-state index >= 15 is 0 Å². The summed E-state index contributed by atoms with van der Waals surface area (Å²) in [7, 11) is 0. The summed E-state index contributed by atoms with van der Waals surface area (Å²) in [6.07, 6.45) is 1.78. The van der Waals surface area contributed by atoms with Crippen molar-refractivity contribution in [2.24, 2.45) is 0 Å². The molecule has 5 nitrogen and oxygen atoms in total. The highest BCUT2D eigenvalue weighted by atomic mass is 79.9. The molecule has 0 atom stereocenters. The molecule has 0 bridgehead atoms. The summed E-state index contributed by atoms with van der Waals surface area (Å²) >= 11 is 3.37. The van der Waals surface area contributed by atoms with Crippen molar-refractivity contribution in [2.45, 2.75) is 13.8 Å². The smallest absolute Gasteiger partial charge is 0.269 e. The molecular formula is C19H19BrN2O3. The predicted molar refractivity (Wildman–Crippen MR) is 102 cm³/mol. The van der Waals surface area contributed by atoms with Crippen LogP contribution in [0.2, 0.25) is 0 Å². The van der Waals surface area contributed by atoms with Crippen LogP contribution in [0.1, 0.15) is 29.8 Å². The molecule has 0 spiro atoms. The molecule has 0 amide bonds. The minimum absolute atomic E-state index is 0.0285. The highest BCUT2D eigenvalue weighted by molar-refractivity contribution is 9.10. The second kappa shape index (κ2) is 8.58. The monoisotopic (exact) mass is 402 g/mol. The Balaban J connectivity index is 2.42. The molecule has 130 valence electrons. The molecule has 2 aromatic carbocycles. The molecule has 0 saturated heterocycles. The normalized spacial score (nSPS) is 11.2. The number of halogens is 1. The van der Waals surface area contributed by atoms with E-state index in [1.807, 2.05) is 30.9 Å². The quantitative estimate of drug-likeness (QED) is 0.285. The Morgan fingerprint density at radius 1 is 1.08 bits per heavy atom. The number of carbonyl (C=O) groups excluding carboxylic acids is 1. The van der Waals surface area contributed by atoms with Gasteiger partial charge in [-0.15, -0.1) is 0 Å². The van der Waals surface area contributed by atoms with Gasteiger partial charge in [0.25, 0.3) is 5.69 Å². The molecule has 6 heteroatoms. The average Bonchev–Trinajstić information content (AvgIpc) is 2.62. The number of rotatable bonds is 7. The van der Waals surface area contributed by atoms with Crippen molar-refractivity contribution in [2.75, 3.05) is 13.1 Å². The third-order valence-electron chi connectivity index (χ3n) is 3.85. The number of likely N-dealkylation sites (N-methyl/N-ethyl adjacent to an activating group) is 1. The van der Waals surface area contributed by atoms with E-state index < -0.39 is 4.92 Å². The lowest BCUT2D eigenvalue weighted by Gasteiger charge is -2.23. The number of allylic oxidation sites excluding steroid dienone is 1. The molecule has 0 aliphatic heterocycles. The van der Waals surface area contributed by atoms with Gasteiger partial charge in [0.05, 0.1) is 10.6 Å². The van der Waals surface area contributed by atoms with E-state index in [1.54, 1.807) is 30.3 Å². The molecule has 0 saturated carbocycles. The van der Waals surface area contributed by atoms with Crippen molar-refractivity contribution in [3.05, 3.63) is 79.9 Å². The first kappa shape index (κ1) is 18.9. The summed E-state index contributed by atoms with van der Waals surface area (Å²) in [5, 5.41) is 10.8. The molecule has 25 heavy (non-hydrogen) atoms. The fraction of sp³-hybridized carbons (Fsp3) is 0.211. The maximum absolute atomic E-state index is 13.0. The molecule has 0 aromatic heterocycles. The Bertz CT molecular complexity index is 779. The lowest BCUT2D eigenvalue weighted by molar-refractivity contribution is -0.384. The molecular weight excluding hydrogens is 384 g/mol. The number of carbonyl (C=O) groups is 1. The van der Waals surface area contributed by atoms with Crippen molar-refractivity contribution in [1.29, 1.82) is 0 Å². The fourth-order valence-electron chi connectivity index (χ4n) is 2.46. The summed E-state index contributed by atoms with van der Waals surface area (Å²) in [5.41, 5.74) is 1.95. The zero-order valence-electron chi connectivity index (χ0n) is 14.1. The van der Waals surface area contributed by atoms with Gasteiger partial charge >= 0.3 is 0 Å². The predicted octanol–water partition coefficient (Wildman–Crippen LogP) is 4.92. The Hall–Kier alpha value is -2.47. The van der Waals surface area contributed by atoms with Crippen LogP contribution < -0.4 is 0 Å². The second-order valence-electron chi connectivity index (χ2n) is 5.39. The molecule has 0 N–H and O–H groups in total. The van der Waals surface area contributed by atoms with Gasteiger partial charge in [-0.05, 0) is 61.9 Å². The van der Waals surface area contributed by atoms with Gasteiger partial charge in [0.15, 0.2) is 0 Å². The number of nitro benzene ring substituents is 1. The van der Waals surface area contributed by atoms with Crippen LogP contribution in [0.5, 0.6) is 0 Å². The molecule has 0 aliphatic carbocycles. The van der Waals surface area contributed by atoms with Gasteiger partial charge in [-0.25, -0.2) is 0 Å². The van der Waals surface area contributed by atoms with Gasteiger partial charge in [-0.3, -0.25) is 14.9 Å². The van der Waals surface area contributed by atoms with Crippen LogP contribution in [-0.4, -0.2) is 28.7 Å². The lowest BCUT2D eigenvalue weighted by Crippen LogP contribution is -2.27. The van der Waals surface area contributed by atoms with E-state index in [-0.39, 0.29) is 11.5 Å². The first-order valence-electron chi connectivity index (χ1n) is 7.97. The van der Waals surface area contributed by atoms with E-state index in [1.165, 1.54) is 12.1 Å². The first-order chi connectivity index (χ1) is 12.0. The van der Waals surface area contributed by atoms with E-state index in [2.05, 4.69) is 15.9 Å². The van der Waals surface area contributed by atoms with Crippen LogP contribution in [0.25, 0.3) is 6.08 Å². The van der Waals surface area contributed by atoms with Crippen LogP contribution in [0.15, 0.2) is 58.7 Å². The molecule has 0 heterocycles. The topological polar surface area (TPSA) is 63.4 Å². The van der Waals surface area contributed by atoms with Crippen molar-refractivity contribution < 1.29 is 9.72 Å². The Morgan fingerprint density at radius 3 is 2.12 bits per heavy atom.